The van der Waals surface area contributed by atoms with E-state index in [0.717, 1.165) is 37.8 Å². The summed E-state index contributed by atoms with van der Waals surface area (Å²) in [5.41, 5.74) is 12.6. The van der Waals surface area contributed by atoms with Gasteiger partial charge in [-0.05, 0) is 81.2 Å². The van der Waals surface area contributed by atoms with E-state index in [2.05, 4.69) is 59.6 Å². The van der Waals surface area contributed by atoms with Crippen LogP contribution in [-0.2, 0) is 20.7 Å². The summed E-state index contributed by atoms with van der Waals surface area (Å²) in [7, 11) is 1.66. The molecular formula is C45H67N5O5. The summed E-state index contributed by atoms with van der Waals surface area (Å²) in [6.45, 7) is 22.5. The van der Waals surface area contributed by atoms with Gasteiger partial charge in [-0.15, -0.1) is 6.58 Å². The van der Waals surface area contributed by atoms with E-state index in [1.165, 1.54) is 29.2 Å². The lowest BCUT2D eigenvalue weighted by Gasteiger charge is -2.32. The van der Waals surface area contributed by atoms with Crippen molar-refractivity contribution in [2.75, 3.05) is 38.6 Å². The van der Waals surface area contributed by atoms with Crippen molar-refractivity contribution in [3.63, 3.8) is 0 Å². The highest BCUT2D eigenvalue weighted by Crippen LogP contribution is 2.28. The lowest BCUT2D eigenvalue weighted by atomic mass is 9.91. The average Bonchev–Trinajstić information content (AvgIpc) is 3.16. The molecule has 0 aliphatic carbocycles. The smallest absolute Gasteiger partial charge is 0.222 e. The molecule has 10 nitrogen and oxygen atoms in total. The molecule has 0 saturated carbocycles. The Labute approximate surface area is 330 Å². The van der Waals surface area contributed by atoms with Gasteiger partial charge in [-0.1, -0.05) is 83.5 Å². The summed E-state index contributed by atoms with van der Waals surface area (Å²) >= 11 is 0. The number of hydrogen-bond donors (Lipinski definition) is 4. The molecule has 0 fully saturated rings. The number of benzene rings is 2. The van der Waals surface area contributed by atoms with Crippen LogP contribution in [0.5, 0.6) is 0 Å². The van der Waals surface area contributed by atoms with Crippen LogP contribution >= 0.6 is 0 Å². The van der Waals surface area contributed by atoms with Crippen molar-refractivity contribution in [1.29, 1.82) is 0 Å². The molecule has 2 aromatic carbocycles. The number of nitrogens with two attached hydrogens (primary N) is 1. The van der Waals surface area contributed by atoms with E-state index in [0.29, 0.717) is 42.8 Å². The predicted octanol–water partition coefficient (Wildman–Crippen LogP) is 7.89. The third-order valence-corrected chi connectivity index (χ3v) is 9.69. The van der Waals surface area contributed by atoms with Gasteiger partial charge in [-0.25, -0.2) is 0 Å². The third-order valence-electron chi connectivity index (χ3n) is 9.69. The first-order valence-corrected chi connectivity index (χ1v) is 19.6. The van der Waals surface area contributed by atoms with E-state index >= 15 is 0 Å². The quantitative estimate of drug-likeness (QED) is 0.0609. The largest absolute Gasteiger partial charge is 0.380 e. The molecule has 1 aliphatic rings. The number of aliphatic imine (C=N–C) groups is 1. The fourth-order valence-corrected chi connectivity index (χ4v) is 6.10. The molecule has 5 N–H and O–H groups in total. The fraction of sp³-hybridized carbons (Fsp3) is 0.533. The summed E-state index contributed by atoms with van der Waals surface area (Å²) in [6.07, 6.45) is 8.75. The molecule has 2 amide bonds. The highest BCUT2D eigenvalue weighted by molar-refractivity contribution is 6.13. The Balaban J connectivity index is 0.000000915. The van der Waals surface area contributed by atoms with Crippen molar-refractivity contribution in [3.05, 3.63) is 82.4 Å². The number of ether oxygens (including phenoxy) is 1. The lowest BCUT2D eigenvalue weighted by Crippen LogP contribution is -2.49. The molecule has 2 aromatic rings. The molecule has 0 radical (unpaired) electrons. The molecule has 1 heterocycles. The van der Waals surface area contributed by atoms with Crippen molar-refractivity contribution in [2.45, 2.75) is 107 Å². The fourth-order valence-electron chi connectivity index (χ4n) is 6.10. The van der Waals surface area contributed by atoms with E-state index in [-0.39, 0.29) is 47.2 Å². The highest BCUT2D eigenvalue weighted by Gasteiger charge is 2.28. The molecule has 1 aliphatic heterocycles. The number of Topliss-reactive ketones (excluding diaryl/α,β-unsaturated/α-hetero) is 2. The zero-order chi connectivity index (χ0) is 41.3. The number of aryl methyl sites for hydroxylation is 2. The van der Waals surface area contributed by atoms with Crippen molar-refractivity contribution < 1.29 is 23.9 Å². The van der Waals surface area contributed by atoms with Crippen LogP contribution in [0.1, 0.15) is 125 Å². The molecule has 0 saturated heterocycles. The van der Waals surface area contributed by atoms with Crippen molar-refractivity contribution in [1.82, 2.24) is 10.6 Å². The normalized spacial score (nSPS) is 14.3. The molecule has 3 rings (SSSR count). The maximum Gasteiger partial charge on any atom is 0.222 e. The summed E-state index contributed by atoms with van der Waals surface area (Å²) in [4.78, 5) is 53.3. The van der Waals surface area contributed by atoms with Crippen LogP contribution < -0.4 is 21.7 Å². The minimum atomic E-state index is -1.06. The van der Waals surface area contributed by atoms with Crippen LogP contribution in [0.25, 0.3) is 5.57 Å². The zero-order valence-electron chi connectivity index (χ0n) is 35.1. The minimum Gasteiger partial charge on any atom is -0.380 e. The Kier molecular flexibility index (Phi) is 18.9. The number of carbonyl (C=O) groups is 4. The number of nitrogens with zero attached hydrogens (tertiary/aromatic N) is 1. The second-order valence-electron chi connectivity index (χ2n) is 15.9. The van der Waals surface area contributed by atoms with Crippen molar-refractivity contribution in [2.24, 2.45) is 28.0 Å². The molecule has 0 aromatic heterocycles. The van der Waals surface area contributed by atoms with E-state index in [1.807, 2.05) is 46.9 Å². The average molecular weight is 758 g/mol. The van der Waals surface area contributed by atoms with Gasteiger partial charge in [0.1, 0.15) is 5.72 Å². The van der Waals surface area contributed by atoms with Crippen LogP contribution in [0.2, 0.25) is 0 Å². The minimum absolute atomic E-state index is 0.00919. The summed E-state index contributed by atoms with van der Waals surface area (Å²) in [5.74, 6) is -0.319. The van der Waals surface area contributed by atoms with Gasteiger partial charge in [0, 0.05) is 61.3 Å². The second-order valence-corrected chi connectivity index (χ2v) is 15.9. The molecule has 2 unspecified atom stereocenters. The first-order chi connectivity index (χ1) is 25.9. The van der Waals surface area contributed by atoms with Gasteiger partial charge in [0.05, 0.1) is 18.7 Å². The number of ketones is 2. The van der Waals surface area contributed by atoms with Crippen molar-refractivity contribution >= 4 is 40.9 Å². The first kappa shape index (κ1) is 46.7. The number of anilines is 1. The van der Waals surface area contributed by atoms with Gasteiger partial charge in [0.2, 0.25) is 11.8 Å². The monoisotopic (exact) mass is 758 g/mol. The number of allylic oxidation sites excluding steroid dienone is 2. The molecule has 2 atom stereocenters. The van der Waals surface area contributed by atoms with Crippen LogP contribution in [0.15, 0.2) is 59.6 Å². The Morgan fingerprint density at radius 3 is 2.38 bits per heavy atom. The number of dihydropyridines is 1. The zero-order valence-corrected chi connectivity index (χ0v) is 35.1. The number of amides is 2. The number of carbonyl (C=O) groups excluding carboxylic acids is 4. The SMILES string of the molecule is C=CCCC(C)C(=O)NC.CCC1=C(c2ccc(CCC(=O)NCC(C)(C)COC(C)(N)CNc3cccc(C(C)=O)c3C(=O)C(C)C)cc2C)C=NCC1. The Morgan fingerprint density at radius 2 is 1.78 bits per heavy atom. The van der Waals surface area contributed by atoms with Gasteiger partial charge in [0.15, 0.2) is 11.6 Å². The maximum atomic E-state index is 12.9. The van der Waals surface area contributed by atoms with E-state index in [9.17, 15) is 19.2 Å². The van der Waals surface area contributed by atoms with Gasteiger partial charge in [-0.2, -0.15) is 0 Å². The van der Waals surface area contributed by atoms with Gasteiger partial charge < -0.3 is 26.4 Å². The van der Waals surface area contributed by atoms with Crippen LogP contribution in [0.4, 0.5) is 5.69 Å². The van der Waals surface area contributed by atoms with Crippen LogP contribution in [0, 0.1) is 24.2 Å². The number of hydrogen-bond acceptors (Lipinski definition) is 8. The first-order valence-electron chi connectivity index (χ1n) is 19.6. The van der Waals surface area contributed by atoms with E-state index in [1.54, 1.807) is 32.2 Å². The standard InChI is InChI=1S/C37H52N4O4.C8H15NO/c1-9-28-17-18-39-20-31(28)29-15-13-27(19-25(29)4)14-16-33(43)41-21-36(6,7)23-45-37(8,38)22-40-32-12-10-11-30(26(5)42)34(32)35(44)24(2)3;1-4-5-6-7(2)8(10)9-3/h10-13,15,19-20,24,40H,9,14,16-18,21-23,38H2,1-8H3,(H,41,43);4,7H,1,5-6H2,2-3H3,(H,9,10). The lowest BCUT2D eigenvalue weighted by molar-refractivity contribution is -0.124. The van der Waals surface area contributed by atoms with E-state index < -0.39 is 5.72 Å². The van der Waals surface area contributed by atoms with Gasteiger partial charge in [0.25, 0.3) is 0 Å². The van der Waals surface area contributed by atoms with Gasteiger partial charge in [-0.3, -0.25) is 24.2 Å². The summed E-state index contributed by atoms with van der Waals surface area (Å²) < 4.78 is 6.09. The topological polar surface area (TPSA) is 152 Å². The summed E-state index contributed by atoms with van der Waals surface area (Å²) in [5, 5.41) is 8.89. The summed E-state index contributed by atoms with van der Waals surface area (Å²) in [6, 6.07) is 11.6. The third kappa shape index (κ3) is 15.3. The maximum absolute atomic E-state index is 12.9. The molecule has 302 valence electrons. The molecule has 55 heavy (non-hydrogen) atoms. The van der Waals surface area contributed by atoms with Crippen LogP contribution in [-0.4, -0.2) is 68.6 Å². The van der Waals surface area contributed by atoms with Gasteiger partial charge >= 0.3 is 0 Å². The molecule has 0 bridgehead atoms. The second kappa shape index (κ2) is 22.2. The van der Waals surface area contributed by atoms with Crippen LogP contribution in [0.3, 0.4) is 0 Å². The Morgan fingerprint density at radius 1 is 1.07 bits per heavy atom. The molecule has 0 spiro atoms. The number of nitrogens with one attached hydrogen (secondary N) is 3. The predicted molar refractivity (Wildman–Crippen MR) is 227 cm³/mol. The van der Waals surface area contributed by atoms with Crippen molar-refractivity contribution in [3.8, 4) is 0 Å². The van der Waals surface area contributed by atoms with E-state index in [4.69, 9.17) is 10.5 Å². The Hall–Kier alpha value is -4.41. The molecule has 10 heteroatoms. The number of rotatable bonds is 20. The highest BCUT2D eigenvalue weighted by atomic mass is 16.5. The Bertz CT molecular complexity index is 1700. The molecular weight excluding hydrogens is 691 g/mol.